The molecule has 0 aliphatic carbocycles. The van der Waals surface area contributed by atoms with Crippen LogP contribution in [0.4, 0.5) is 0 Å². The maximum absolute atomic E-state index is 8.88. The lowest BCUT2D eigenvalue weighted by molar-refractivity contribution is 0.262. The molecule has 1 aromatic heterocycles. The predicted molar refractivity (Wildman–Crippen MR) is 47.1 cm³/mol. The van der Waals surface area contributed by atoms with Gasteiger partial charge in [-0.25, -0.2) is 4.98 Å². The fraction of sp³-hybridized carbons (Fsp3) is 0.571. The van der Waals surface area contributed by atoms with Gasteiger partial charge < -0.3 is 15.0 Å². The first-order valence-corrected chi connectivity index (χ1v) is 3.76. The normalized spacial score (nSPS) is 15.1. The van der Waals surface area contributed by atoms with Crippen LogP contribution in [0, 0.1) is 0 Å². The molecule has 0 bridgehead atoms. The van der Waals surface area contributed by atoms with E-state index in [4.69, 9.17) is 5.11 Å². The highest BCUT2D eigenvalue weighted by Crippen LogP contribution is 2.07. The van der Waals surface area contributed by atoms with E-state index in [1.165, 1.54) is 5.69 Å². The van der Waals surface area contributed by atoms with Crippen molar-refractivity contribution >= 4 is 12.4 Å². The Morgan fingerprint density at radius 3 is 3.25 bits per heavy atom. The summed E-state index contributed by atoms with van der Waals surface area (Å²) in [6.07, 6.45) is 1.82. The van der Waals surface area contributed by atoms with E-state index in [0.29, 0.717) is 0 Å². The van der Waals surface area contributed by atoms with Crippen LogP contribution in [0.15, 0.2) is 6.20 Å². The average molecular weight is 190 g/mol. The molecule has 2 rings (SSSR count). The number of hydrogen-bond acceptors (Lipinski definition) is 3. The molecular weight excluding hydrogens is 178 g/mol. The van der Waals surface area contributed by atoms with Crippen molar-refractivity contribution in [3.8, 4) is 0 Å². The summed E-state index contributed by atoms with van der Waals surface area (Å²) in [5.74, 6) is 0.779. The first-order valence-electron chi connectivity index (χ1n) is 3.76. The van der Waals surface area contributed by atoms with Crippen LogP contribution in [0.25, 0.3) is 0 Å². The minimum Gasteiger partial charge on any atom is -0.388 e. The van der Waals surface area contributed by atoms with E-state index in [1.807, 2.05) is 6.20 Å². The van der Waals surface area contributed by atoms with E-state index in [9.17, 15) is 0 Å². The molecule has 2 N–H and O–H groups in total. The number of aliphatic hydroxyl groups excluding tert-OH is 1. The summed E-state index contributed by atoms with van der Waals surface area (Å²) in [5.41, 5.74) is 1.17. The molecule has 12 heavy (non-hydrogen) atoms. The van der Waals surface area contributed by atoms with Crippen molar-refractivity contribution in [1.29, 1.82) is 0 Å². The molecule has 1 aromatic rings. The van der Waals surface area contributed by atoms with E-state index in [0.717, 1.165) is 25.5 Å². The summed E-state index contributed by atoms with van der Waals surface area (Å²) < 4.78 is 2.07. The van der Waals surface area contributed by atoms with Gasteiger partial charge in [0.15, 0.2) is 0 Å². The first kappa shape index (κ1) is 9.51. The molecule has 0 saturated heterocycles. The van der Waals surface area contributed by atoms with Gasteiger partial charge in [-0.3, -0.25) is 0 Å². The zero-order chi connectivity index (χ0) is 7.68. The Morgan fingerprint density at radius 2 is 2.50 bits per heavy atom. The molecule has 0 unspecified atom stereocenters. The van der Waals surface area contributed by atoms with Gasteiger partial charge in [0, 0.05) is 25.8 Å². The molecule has 1 aliphatic rings. The molecule has 2 heterocycles. The highest BCUT2D eigenvalue weighted by molar-refractivity contribution is 5.85. The molecule has 0 saturated carbocycles. The fourth-order valence-corrected chi connectivity index (χ4v) is 1.40. The number of rotatable bonds is 1. The zero-order valence-corrected chi connectivity index (χ0v) is 7.47. The second-order valence-electron chi connectivity index (χ2n) is 2.65. The predicted octanol–water partition coefficient (Wildman–Crippen LogP) is -0.0996. The van der Waals surface area contributed by atoms with Crippen LogP contribution < -0.4 is 5.32 Å². The van der Waals surface area contributed by atoms with Crippen molar-refractivity contribution in [2.24, 2.45) is 0 Å². The highest BCUT2D eigenvalue weighted by Gasteiger charge is 2.11. The second-order valence-corrected chi connectivity index (χ2v) is 2.65. The number of imidazole rings is 1. The summed E-state index contributed by atoms with van der Waals surface area (Å²) in [6, 6.07) is 0. The first-order chi connectivity index (χ1) is 5.42. The SMILES string of the molecule is Cl.OCc1ncc2n1CCNC2. The van der Waals surface area contributed by atoms with Crippen LogP contribution in [-0.2, 0) is 19.7 Å². The lowest BCUT2D eigenvalue weighted by Crippen LogP contribution is -2.28. The summed E-state index contributed by atoms with van der Waals surface area (Å²) in [7, 11) is 0. The Hall–Kier alpha value is -0.580. The molecule has 0 aromatic carbocycles. The van der Waals surface area contributed by atoms with Gasteiger partial charge >= 0.3 is 0 Å². The number of hydrogen-bond donors (Lipinski definition) is 2. The van der Waals surface area contributed by atoms with Crippen LogP contribution >= 0.6 is 12.4 Å². The molecule has 5 heteroatoms. The van der Waals surface area contributed by atoms with Gasteiger partial charge in [-0.1, -0.05) is 0 Å². The smallest absolute Gasteiger partial charge is 0.134 e. The summed E-state index contributed by atoms with van der Waals surface area (Å²) in [5, 5.41) is 12.1. The number of fused-ring (bicyclic) bond motifs is 1. The average Bonchev–Trinajstić information content (AvgIpc) is 2.47. The summed E-state index contributed by atoms with van der Waals surface area (Å²) in [4.78, 5) is 4.09. The number of nitrogens with zero attached hydrogens (tertiary/aromatic N) is 2. The minimum atomic E-state index is 0. The van der Waals surface area contributed by atoms with E-state index >= 15 is 0 Å². The molecule has 68 valence electrons. The number of aliphatic hydroxyl groups is 1. The van der Waals surface area contributed by atoms with E-state index in [1.54, 1.807) is 0 Å². The Bertz CT molecular complexity index is 248. The van der Waals surface area contributed by atoms with Crippen LogP contribution in [0.3, 0.4) is 0 Å². The van der Waals surface area contributed by atoms with Crippen LogP contribution in [0.1, 0.15) is 11.5 Å². The van der Waals surface area contributed by atoms with Crippen LogP contribution in [0.2, 0.25) is 0 Å². The molecule has 0 spiro atoms. The standard InChI is InChI=1S/C7H11N3O.ClH/c11-5-7-9-4-6-3-8-1-2-10(6)7;/h4,8,11H,1-3,5H2;1H. The Balaban J connectivity index is 0.000000720. The zero-order valence-electron chi connectivity index (χ0n) is 6.66. The summed E-state index contributed by atoms with van der Waals surface area (Å²) >= 11 is 0. The van der Waals surface area contributed by atoms with E-state index in [-0.39, 0.29) is 19.0 Å². The van der Waals surface area contributed by atoms with Crippen molar-refractivity contribution in [3.63, 3.8) is 0 Å². The molecule has 0 amide bonds. The third kappa shape index (κ3) is 1.46. The van der Waals surface area contributed by atoms with E-state index < -0.39 is 0 Å². The van der Waals surface area contributed by atoms with Crippen molar-refractivity contribution in [3.05, 3.63) is 17.7 Å². The Labute approximate surface area is 77.0 Å². The third-order valence-electron chi connectivity index (χ3n) is 1.98. The highest BCUT2D eigenvalue weighted by atomic mass is 35.5. The topological polar surface area (TPSA) is 50.1 Å². The fourth-order valence-electron chi connectivity index (χ4n) is 1.40. The van der Waals surface area contributed by atoms with Crippen molar-refractivity contribution in [2.75, 3.05) is 6.54 Å². The lowest BCUT2D eigenvalue weighted by Gasteiger charge is -2.16. The molecule has 0 atom stereocenters. The van der Waals surface area contributed by atoms with Gasteiger partial charge in [-0.05, 0) is 0 Å². The molecule has 0 radical (unpaired) electrons. The molecule has 0 fully saturated rings. The van der Waals surface area contributed by atoms with Gasteiger partial charge in [-0.15, -0.1) is 12.4 Å². The largest absolute Gasteiger partial charge is 0.388 e. The maximum Gasteiger partial charge on any atom is 0.134 e. The molecule has 1 aliphatic heterocycles. The maximum atomic E-state index is 8.88. The molecular formula is C7H12ClN3O. The Kier molecular flexibility index (Phi) is 3.08. The number of nitrogens with one attached hydrogen (secondary N) is 1. The number of halogens is 1. The van der Waals surface area contributed by atoms with Gasteiger partial charge in [-0.2, -0.15) is 0 Å². The van der Waals surface area contributed by atoms with Crippen molar-refractivity contribution in [2.45, 2.75) is 19.7 Å². The van der Waals surface area contributed by atoms with Crippen molar-refractivity contribution < 1.29 is 5.11 Å². The van der Waals surface area contributed by atoms with Gasteiger partial charge in [0.05, 0.1) is 5.69 Å². The number of aromatic nitrogens is 2. The Morgan fingerprint density at radius 1 is 1.67 bits per heavy atom. The molecule has 4 nitrogen and oxygen atoms in total. The van der Waals surface area contributed by atoms with Crippen LogP contribution in [0.5, 0.6) is 0 Å². The van der Waals surface area contributed by atoms with Gasteiger partial charge in [0.2, 0.25) is 0 Å². The van der Waals surface area contributed by atoms with Gasteiger partial charge in [0.25, 0.3) is 0 Å². The lowest BCUT2D eigenvalue weighted by atomic mass is 10.3. The van der Waals surface area contributed by atoms with Crippen molar-refractivity contribution in [1.82, 2.24) is 14.9 Å². The van der Waals surface area contributed by atoms with Crippen LogP contribution in [-0.4, -0.2) is 21.2 Å². The minimum absolute atomic E-state index is 0. The quantitative estimate of drug-likeness (QED) is 0.649. The van der Waals surface area contributed by atoms with E-state index in [2.05, 4.69) is 14.9 Å². The van der Waals surface area contributed by atoms with Gasteiger partial charge in [0.1, 0.15) is 12.4 Å². The monoisotopic (exact) mass is 189 g/mol. The summed E-state index contributed by atoms with van der Waals surface area (Å²) in [6.45, 7) is 2.80. The third-order valence-corrected chi connectivity index (χ3v) is 1.98. The second kappa shape index (κ2) is 3.89.